The van der Waals surface area contributed by atoms with Gasteiger partial charge in [-0.05, 0) is 26.2 Å². The molecule has 0 aromatic carbocycles. The number of allylic oxidation sites excluding steroid dienone is 1. The zero-order valence-corrected chi connectivity index (χ0v) is 8.75. The summed E-state index contributed by atoms with van der Waals surface area (Å²) >= 11 is 0. The molecule has 2 N–H and O–H groups in total. The summed E-state index contributed by atoms with van der Waals surface area (Å²) in [7, 11) is 0. The molecule has 12 heavy (non-hydrogen) atoms. The lowest BCUT2D eigenvalue weighted by Crippen LogP contribution is -2.39. The second-order valence-corrected chi connectivity index (χ2v) is 3.69. The SMILES string of the molecule is CC=CC(C)N(N)CCC(C)C. The van der Waals surface area contributed by atoms with Gasteiger partial charge in [0.05, 0.1) is 0 Å². The van der Waals surface area contributed by atoms with E-state index in [-0.39, 0.29) is 0 Å². The molecule has 0 saturated heterocycles. The molecule has 0 fully saturated rings. The Morgan fingerprint density at radius 1 is 1.33 bits per heavy atom. The Labute approximate surface area is 76.4 Å². The second-order valence-electron chi connectivity index (χ2n) is 3.69. The van der Waals surface area contributed by atoms with Gasteiger partial charge < -0.3 is 0 Å². The molecule has 0 spiro atoms. The molecule has 0 amide bonds. The minimum atomic E-state index is 0.355. The number of hydrogen-bond acceptors (Lipinski definition) is 2. The monoisotopic (exact) mass is 170 g/mol. The highest BCUT2D eigenvalue weighted by atomic mass is 15.4. The van der Waals surface area contributed by atoms with Crippen molar-refractivity contribution in [3.8, 4) is 0 Å². The summed E-state index contributed by atoms with van der Waals surface area (Å²) in [6.45, 7) is 9.54. The van der Waals surface area contributed by atoms with Gasteiger partial charge in [-0.2, -0.15) is 0 Å². The van der Waals surface area contributed by atoms with Crippen molar-refractivity contribution in [1.29, 1.82) is 0 Å². The summed E-state index contributed by atoms with van der Waals surface area (Å²) in [4.78, 5) is 0. The van der Waals surface area contributed by atoms with Gasteiger partial charge in [-0.25, -0.2) is 5.01 Å². The molecular formula is C10H22N2. The van der Waals surface area contributed by atoms with Crippen LogP contribution >= 0.6 is 0 Å². The van der Waals surface area contributed by atoms with Gasteiger partial charge in [-0.15, -0.1) is 0 Å². The van der Waals surface area contributed by atoms with Gasteiger partial charge in [0, 0.05) is 12.6 Å². The molecule has 0 saturated carbocycles. The van der Waals surface area contributed by atoms with E-state index in [9.17, 15) is 0 Å². The summed E-state index contributed by atoms with van der Waals surface area (Å²) in [6, 6.07) is 0.355. The lowest BCUT2D eigenvalue weighted by Gasteiger charge is -2.22. The molecule has 2 heteroatoms. The number of hydrogen-bond donors (Lipinski definition) is 1. The summed E-state index contributed by atoms with van der Waals surface area (Å²) in [5.74, 6) is 6.56. The molecule has 0 aliphatic heterocycles. The maximum absolute atomic E-state index is 5.83. The summed E-state index contributed by atoms with van der Waals surface area (Å²) < 4.78 is 0. The summed E-state index contributed by atoms with van der Waals surface area (Å²) in [6.07, 6.45) is 5.32. The molecule has 0 rings (SSSR count). The summed E-state index contributed by atoms with van der Waals surface area (Å²) in [5, 5.41) is 1.89. The van der Waals surface area contributed by atoms with Crippen LogP contribution in [0.3, 0.4) is 0 Å². The van der Waals surface area contributed by atoms with Crippen molar-refractivity contribution in [3.05, 3.63) is 12.2 Å². The Balaban J connectivity index is 3.63. The van der Waals surface area contributed by atoms with Gasteiger partial charge in [-0.3, -0.25) is 5.84 Å². The molecule has 72 valence electrons. The molecule has 1 unspecified atom stereocenters. The molecule has 0 heterocycles. The Bertz CT molecular complexity index is 130. The van der Waals surface area contributed by atoms with Crippen molar-refractivity contribution in [1.82, 2.24) is 5.01 Å². The van der Waals surface area contributed by atoms with Crippen LogP contribution in [0.2, 0.25) is 0 Å². The van der Waals surface area contributed by atoms with Gasteiger partial charge in [-0.1, -0.05) is 26.0 Å². The third kappa shape index (κ3) is 5.33. The van der Waals surface area contributed by atoms with Gasteiger partial charge in [0.15, 0.2) is 0 Å². The molecule has 0 aliphatic carbocycles. The van der Waals surface area contributed by atoms with Crippen LogP contribution in [-0.4, -0.2) is 17.6 Å². The Morgan fingerprint density at radius 3 is 2.33 bits per heavy atom. The standard InChI is InChI=1S/C10H22N2/c1-5-6-10(4)12(11)8-7-9(2)3/h5-6,9-10H,7-8,11H2,1-4H3. The average Bonchev–Trinajstić information content (AvgIpc) is 2.00. The van der Waals surface area contributed by atoms with Gasteiger partial charge in [0.25, 0.3) is 0 Å². The first-order chi connectivity index (χ1) is 5.57. The van der Waals surface area contributed by atoms with Crippen molar-refractivity contribution in [2.75, 3.05) is 6.54 Å². The molecule has 0 aromatic heterocycles. The van der Waals surface area contributed by atoms with Crippen LogP contribution in [0.1, 0.15) is 34.1 Å². The second kappa shape index (κ2) is 6.21. The van der Waals surface area contributed by atoms with Crippen LogP contribution in [0.15, 0.2) is 12.2 Å². The zero-order chi connectivity index (χ0) is 9.56. The van der Waals surface area contributed by atoms with Crippen LogP contribution in [0.4, 0.5) is 0 Å². The first kappa shape index (κ1) is 11.7. The number of nitrogens with two attached hydrogens (primary N) is 1. The first-order valence-electron chi connectivity index (χ1n) is 4.72. The van der Waals surface area contributed by atoms with Crippen molar-refractivity contribution in [3.63, 3.8) is 0 Å². The van der Waals surface area contributed by atoms with E-state index in [4.69, 9.17) is 5.84 Å². The van der Waals surface area contributed by atoms with E-state index in [1.165, 1.54) is 6.42 Å². The molecule has 0 radical (unpaired) electrons. The van der Waals surface area contributed by atoms with Crippen molar-refractivity contribution in [2.24, 2.45) is 11.8 Å². The third-order valence-electron chi connectivity index (χ3n) is 1.96. The fourth-order valence-electron chi connectivity index (χ4n) is 1.000. The fraction of sp³-hybridized carbons (Fsp3) is 0.800. The lowest BCUT2D eigenvalue weighted by atomic mass is 10.1. The summed E-state index contributed by atoms with van der Waals surface area (Å²) in [5.41, 5.74) is 0. The van der Waals surface area contributed by atoms with Crippen LogP contribution in [0, 0.1) is 5.92 Å². The van der Waals surface area contributed by atoms with E-state index < -0.39 is 0 Å². The van der Waals surface area contributed by atoms with E-state index in [2.05, 4.69) is 26.8 Å². The zero-order valence-electron chi connectivity index (χ0n) is 8.75. The smallest absolute Gasteiger partial charge is 0.0392 e. The van der Waals surface area contributed by atoms with E-state index in [1.54, 1.807) is 0 Å². The fourth-order valence-corrected chi connectivity index (χ4v) is 1.000. The first-order valence-corrected chi connectivity index (χ1v) is 4.72. The van der Waals surface area contributed by atoms with Crippen LogP contribution < -0.4 is 5.84 Å². The maximum atomic E-state index is 5.83. The topological polar surface area (TPSA) is 29.3 Å². The molecule has 1 atom stereocenters. The average molecular weight is 170 g/mol. The number of nitrogens with zero attached hydrogens (tertiary/aromatic N) is 1. The van der Waals surface area contributed by atoms with Crippen molar-refractivity contribution >= 4 is 0 Å². The van der Waals surface area contributed by atoms with Gasteiger partial charge in [0.2, 0.25) is 0 Å². The molecule has 2 nitrogen and oxygen atoms in total. The number of rotatable bonds is 5. The Kier molecular flexibility index (Phi) is 6.03. The number of hydrazine groups is 1. The largest absolute Gasteiger partial charge is 0.268 e. The molecule has 0 bridgehead atoms. The molecule has 0 aromatic rings. The van der Waals surface area contributed by atoms with Crippen molar-refractivity contribution < 1.29 is 0 Å². The third-order valence-corrected chi connectivity index (χ3v) is 1.96. The van der Waals surface area contributed by atoms with E-state index in [0.717, 1.165) is 12.5 Å². The highest BCUT2D eigenvalue weighted by molar-refractivity contribution is 4.87. The predicted octanol–water partition coefficient (Wildman–Crippen LogP) is 2.17. The van der Waals surface area contributed by atoms with Gasteiger partial charge >= 0.3 is 0 Å². The van der Waals surface area contributed by atoms with Crippen LogP contribution in [0.25, 0.3) is 0 Å². The van der Waals surface area contributed by atoms with Crippen molar-refractivity contribution in [2.45, 2.75) is 40.2 Å². The van der Waals surface area contributed by atoms with E-state index in [1.807, 2.05) is 18.0 Å². The minimum absolute atomic E-state index is 0.355. The lowest BCUT2D eigenvalue weighted by molar-refractivity contribution is 0.233. The van der Waals surface area contributed by atoms with Crippen LogP contribution in [-0.2, 0) is 0 Å². The Hall–Kier alpha value is -0.340. The highest BCUT2D eigenvalue weighted by Crippen LogP contribution is 2.02. The normalized spacial score (nSPS) is 14.9. The minimum Gasteiger partial charge on any atom is -0.268 e. The molecule has 0 aliphatic rings. The highest BCUT2D eigenvalue weighted by Gasteiger charge is 2.05. The quantitative estimate of drug-likeness (QED) is 0.389. The van der Waals surface area contributed by atoms with E-state index in [0.29, 0.717) is 6.04 Å². The van der Waals surface area contributed by atoms with E-state index >= 15 is 0 Å². The van der Waals surface area contributed by atoms with Gasteiger partial charge in [0.1, 0.15) is 0 Å². The van der Waals surface area contributed by atoms with Crippen LogP contribution in [0.5, 0.6) is 0 Å². The maximum Gasteiger partial charge on any atom is 0.0392 e. The Morgan fingerprint density at radius 2 is 1.92 bits per heavy atom. The molecular weight excluding hydrogens is 148 g/mol. The predicted molar refractivity (Wildman–Crippen MR) is 54.6 cm³/mol.